The molecule has 3 aliphatic heterocycles. The first-order valence-electron chi connectivity index (χ1n) is 13.6. The van der Waals surface area contributed by atoms with Crippen molar-refractivity contribution in [2.24, 2.45) is 0 Å². The second-order valence-electron chi connectivity index (χ2n) is 11.3. The molecule has 39 heavy (non-hydrogen) atoms. The van der Waals surface area contributed by atoms with Crippen LogP contribution in [-0.4, -0.2) is 8.80 Å². The summed E-state index contributed by atoms with van der Waals surface area (Å²) >= 11 is 0. The Morgan fingerprint density at radius 2 is 0.795 bits per heavy atom. The summed E-state index contributed by atoms with van der Waals surface area (Å²) in [6.45, 7) is 10.9. The van der Waals surface area contributed by atoms with Gasteiger partial charge in [-0.3, -0.25) is 0 Å². The first kappa shape index (κ1) is 22.7. The SMILES string of the molecule is Cc1ccc(N2c3cc(C)cc4c3[Si]3c5c(cc(C)cc5N(c5ccc(C)cc5)c5cc(C)cc2c53)O4)cc1. The maximum atomic E-state index is 6.81. The Labute approximate surface area is 231 Å². The minimum atomic E-state index is -1.32. The highest BCUT2D eigenvalue weighted by atomic mass is 28.3. The lowest BCUT2D eigenvalue weighted by atomic mass is 10.0. The Bertz CT molecular complexity index is 1710. The molecule has 5 aromatic rings. The van der Waals surface area contributed by atoms with Crippen LogP contribution in [0.3, 0.4) is 0 Å². The average Bonchev–Trinajstić information content (AvgIpc) is 2.89. The summed E-state index contributed by atoms with van der Waals surface area (Å²) in [7, 11) is -1.32. The molecule has 189 valence electrons. The molecule has 0 aromatic heterocycles. The molecular weight excluding hydrogens is 492 g/mol. The Hall–Kier alpha value is -4.28. The van der Waals surface area contributed by atoms with Crippen molar-refractivity contribution in [3.05, 3.63) is 113 Å². The number of benzene rings is 5. The fourth-order valence-electron chi connectivity index (χ4n) is 6.54. The van der Waals surface area contributed by atoms with Gasteiger partial charge in [-0.05, 0) is 117 Å². The van der Waals surface area contributed by atoms with Gasteiger partial charge in [0.25, 0.3) is 0 Å². The normalized spacial score (nSPS) is 14.3. The number of ether oxygens (including phenoxy) is 1. The van der Waals surface area contributed by atoms with Crippen LogP contribution in [-0.2, 0) is 0 Å². The van der Waals surface area contributed by atoms with Gasteiger partial charge in [0.2, 0.25) is 0 Å². The van der Waals surface area contributed by atoms with E-state index in [1.807, 2.05) is 0 Å². The Morgan fingerprint density at radius 3 is 1.21 bits per heavy atom. The van der Waals surface area contributed by atoms with Gasteiger partial charge in [0.05, 0.1) is 0 Å². The third kappa shape index (κ3) is 3.15. The zero-order valence-corrected chi connectivity index (χ0v) is 23.9. The lowest BCUT2D eigenvalue weighted by Crippen LogP contribution is -2.63. The van der Waals surface area contributed by atoms with Crippen LogP contribution in [0.5, 0.6) is 11.5 Å². The van der Waals surface area contributed by atoms with Crippen LogP contribution < -0.4 is 30.1 Å². The van der Waals surface area contributed by atoms with E-state index in [1.54, 1.807) is 0 Å². The standard InChI is InChI=1S/C35H29N2OSi/c1-20-6-10-25(11-7-20)36-27-14-22(3)15-28-33(27)39-34-29(36)16-23(4)18-31(34)38-32-19-24(5)17-30(35(32)39)37(28)26-12-8-21(2)9-13-26/h6-19H,1-5H3. The number of rotatable bonds is 2. The summed E-state index contributed by atoms with van der Waals surface area (Å²) in [6.07, 6.45) is 0. The quantitative estimate of drug-likeness (QED) is 0.220. The summed E-state index contributed by atoms with van der Waals surface area (Å²) in [6, 6.07) is 31.8. The van der Waals surface area contributed by atoms with Crippen LogP contribution in [0.15, 0.2) is 84.9 Å². The summed E-state index contributed by atoms with van der Waals surface area (Å²) < 4.78 is 6.81. The highest BCUT2D eigenvalue weighted by molar-refractivity contribution is 7.01. The van der Waals surface area contributed by atoms with E-state index in [-0.39, 0.29) is 0 Å². The molecule has 4 heteroatoms. The number of nitrogens with zero attached hydrogens (tertiary/aromatic N) is 2. The van der Waals surface area contributed by atoms with Gasteiger partial charge in [-0.15, -0.1) is 0 Å². The molecule has 0 spiro atoms. The van der Waals surface area contributed by atoms with Crippen LogP contribution in [0.4, 0.5) is 34.1 Å². The number of anilines is 6. The Kier molecular flexibility index (Phi) is 4.58. The molecule has 0 atom stereocenters. The third-order valence-electron chi connectivity index (χ3n) is 8.21. The van der Waals surface area contributed by atoms with E-state index in [0.717, 1.165) is 11.5 Å². The van der Waals surface area contributed by atoms with Gasteiger partial charge in [0, 0.05) is 44.5 Å². The van der Waals surface area contributed by atoms with E-state index in [4.69, 9.17) is 4.74 Å². The predicted molar refractivity (Wildman–Crippen MR) is 164 cm³/mol. The number of hydrogen-bond donors (Lipinski definition) is 0. The van der Waals surface area contributed by atoms with E-state index in [2.05, 4.69) is 129 Å². The topological polar surface area (TPSA) is 15.7 Å². The van der Waals surface area contributed by atoms with Crippen LogP contribution in [0, 0.1) is 34.6 Å². The van der Waals surface area contributed by atoms with Gasteiger partial charge in [-0.1, -0.05) is 35.4 Å². The molecular formula is C35H29N2OSi. The van der Waals surface area contributed by atoms with Crippen molar-refractivity contribution >= 4 is 58.5 Å². The van der Waals surface area contributed by atoms with Crippen LogP contribution in [0.1, 0.15) is 27.8 Å². The molecule has 0 amide bonds. The lowest BCUT2D eigenvalue weighted by Gasteiger charge is -2.47. The maximum Gasteiger partial charge on any atom is 0.175 e. The van der Waals surface area contributed by atoms with Crippen LogP contribution in [0.2, 0.25) is 0 Å². The Morgan fingerprint density at radius 1 is 0.436 bits per heavy atom. The zero-order valence-electron chi connectivity index (χ0n) is 22.9. The highest BCUT2D eigenvalue weighted by Crippen LogP contribution is 2.48. The first-order valence-corrected chi connectivity index (χ1v) is 15.1. The molecule has 5 aromatic carbocycles. The maximum absolute atomic E-state index is 6.81. The second kappa shape index (κ2) is 7.87. The van der Waals surface area contributed by atoms with E-state index in [1.165, 1.54) is 77.5 Å². The smallest absolute Gasteiger partial charge is 0.175 e. The monoisotopic (exact) mass is 521 g/mol. The number of hydrogen-bond acceptors (Lipinski definition) is 3. The minimum absolute atomic E-state index is 1.01. The number of aryl methyl sites for hydroxylation is 5. The van der Waals surface area contributed by atoms with Crippen molar-refractivity contribution in [3.8, 4) is 11.5 Å². The molecule has 3 aliphatic rings. The lowest BCUT2D eigenvalue weighted by molar-refractivity contribution is 0.486. The van der Waals surface area contributed by atoms with Crippen molar-refractivity contribution in [1.82, 2.24) is 0 Å². The summed E-state index contributed by atoms with van der Waals surface area (Å²) in [5, 5.41) is 4.18. The van der Waals surface area contributed by atoms with E-state index in [9.17, 15) is 0 Å². The molecule has 0 bridgehead atoms. The molecule has 0 unspecified atom stereocenters. The van der Waals surface area contributed by atoms with Gasteiger partial charge < -0.3 is 14.5 Å². The van der Waals surface area contributed by atoms with Crippen molar-refractivity contribution in [2.75, 3.05) is 9.80 Å². The van der Waals surface area contributed by atoms with Gasteiger partial charge in [0.1, 0.15) is 11.5 Å². The van der Waals surface area contributed by atoms with Gasteiger partial charge in [-0.2, -0.15) is 0 Å². The van der Waals surface area contributed by atoms with E-state index < -0.39 is 8.80 Å². The summed E-state index contributed by atoms with van der Waals surface area (Å²) in [5.41, 5.74) is 13.7. The first-order chi connectivity index (χ1) is 18.9. The van der Waals surface area contributed by atoms with Crippen molar-refractivity contribution in [1.29, 1.82) is 0 Å². The molecule has 3 heterocycles. The molecule has 1 radical (unpaired) electrons. The van der Waals surface area contributed by atoms with Gasteiger partial charge in [-0.25, -0.2) is 0 Å². The molecule has 3 nitrogen and oxygen atoms in total. The Balaban J connectivity index is 1.52. The van der Waals surface area contributed by atoms with Crippen molar-refractivity contribution in [3.63, 3.8) is 0 Å². The molecule has 0 saturated carbocycles. The van der Waals surface area contributed by atoms with Crippen LogP contribution in [0.25, 0.3) is 0 Å². The molecule has 0 saturated heterocycles. The van der Waals surface area contributed by atoms with E-state index in [0.29, 0.717) is 0 Å². The third-order valence-corrected chi connectivity index (χ3v) is 11.2. The largest absolute Gasteiger partial charge is 0.457 e. The fourth-order valence-corrected chi connectivity index (χ4v) is 9.79. The van der Waals surface area contributed by atoms with Gasteiger partial charge in [0.15, 0.2) is 8.80 Å². The minimum Gasteiger partial charge on any atom is -0.457 e. The summed E-state index contributed by atoms with van der Waals surface area (Å²) in [4.78, 5) is 4.96. The molecule has 0 fully saturated rings. The van der Waals surface area contributed by atoms with Crippen molar-refractivity contribution in [2.45, 2.75) is 34.6 Å². The molecule has 0 N–H and O–H groups in total. The zero-order chi connectivity index (χ0) is 26.6. The van der Waals surface area contributed by atoms with Crippen molar-refractivity contribution < 1.29 is 4.74 Å². The van der Waals surface area contributed by atoms with Gasteiger partial charge >= 0.3 is 0 Å². The van der Waals surface area contributed by atoms with Crippen LogP contribution >= 0.6 is 0 Å². The van der Waals surface area contributed by atoms with E-state index >= 15 is 0 Å². The predicted octanol–water partition coefficient (Wildman–Crippen LogP) is 7.42. The second-order valence-corrected chi connectivity index (χ2v) is 13.6. The fraction of sp³-hybridized carbons (Fsp3) is 0.143. The molecule has 8 rings (SSSR count). The average molecular weight is 522 g/mol. The summed E-state index contributed by atoms with van der Waals surface area (Å²) in [5.74, 6) is 2.03. The molecule has 0 aliphatic carbocycles. The highest BCUT2D eigenvalue weighted by Gasteiger charge is 2.47.